The number of amides is 1. The average Bonchev–Trinajstić information content (AvgIpc) is 3.32. The van der Waals surface area contributed by atoms with E-state index in [0.717, 1.165) is 29.8 Å². The van der Waals surface area contributed by atoms with Crippen molar-refractivity contribution in [3.63, 3.8) is 0 Å². The highest BCUT2D eigenvalue weighted by atomic mass is 19.1. The highest BCUT2D eigenvalue weighted by Gasteiger charge is 2.36. The third-order valence-electron chi connectivity index (χ3n) is 5.81. The Morgan fingerprint density at radius 3 is 2.86 bits per heavy atom. The van der Waals surface area contributed by atoms with Crippen molar-refractivity contribution in [1.82, 2.24) is 20.2 Å². The highest BCUT2D eigenvalue weighted by molar-refractivity contribution is 5.79. The van der Waals surface area contributed by atoms with Crippen LogP contribution in [-0.2, 0) is 4.79 Å². The average molecular weight is 397 g/mol. The van der Waals surface area contributed by atoms with Gasteiger partial charge >= 0.3 is 0 Å². The first kappa shape index (κ1) is 21.0. The molecule has 0 aliphatic carbocycles. The van der Waals surface area contributed by atoms with E-state index >= 15 is 0 Å². The van der Waals surface area contributed by atoms with Gasteiger partial charge in [-0.1, -0.05) is 12.1 Å². The van der Waals surface area contributed by atoms with E-state index in [-0.39, 0.29) is 30.2 Å². The lowest BCUT2D eigenvalue weighted by atomic mass is 9.78. The molecule has 1 amide bonds. The number of hydrogen-bond donors (Lipinski definition) is 2. The minimum atomic E-state index is -0.584. The highest BCUT2D eigenvalue weighted by Crippen LogP contribution is 2.35. The summed E-state index contributed by atoms with van der Waals surface area (Å²) in [6.07, 6.45) is 3.21. The Morgan fingerprint density at radius 1 is 1.48 bits per heavy atom. The molecule has 1 aliphatic rings. The molecule has 154 valence electrons. The maximum atomic E-state index is 14.3. The van der Waals surface area contributed by atoms with Crippen molar-refractivity contribution in [3.05, 3.63) is 52.9 Å². The molecule has 0 saturated carbocycles. The Bertz CT molecular complexity index is 930. The molecule has 3 rings (SSSR count). The summed E-state index contributed by atoms with van der Waals surface area (Å²) in [7, 11) is 0. The van der Waals surface area contributed by atoms with Gasteiger partial charge in [-0.05, 0) is 57.7 Å². The summed E-state index contributed by atoms with van der Waals surface area (Å²) in [5.74, 6) is -0.613. The Balaban J connectivity index is 1.86. The molecule has 2 heterocycles. The minimum Gasteiger partial charge on any atom is -0.348 e. The molecule has 0 bridgehead atoms. The standard InChI is InChI=1S/C22H28FN5O/c1-14-7-8-16(10-18(14)23)20(21-15(2)25-13-26-21)22(3,4)27-12-19(29)28-9-5-6-17(28)11-24/h7-8,10,13,17,20,27H,5-6,9,12H2,1-4H3,(H,25,26)/t17-,20?/m0/s1. The summed E-state index contributed by atoms with van der Waals surface area (Å²) >= 11 is 0. The molecule has 1 fully saturated rings. The van der Waals surface area contributed by atoms with Crippen LogP contribution in [0.3, 0.4) is 0 Å². The second kappa shape index (κ2) is 8.34. The quantitative estimate of drug-likeness (QED) is 0.784. The number of nitrogens with one attached hydrogen (secondary N) is 2. The summed E-state index contributed by atoms with van der Waals surface area (Å²) < 4.78 is 14.3. The van der Waals surface area contributed by atoms with Crippen molar-refractivity contribution in [1.29, 1.82) is 5.26 Å². The fraction of sp³-hybridized carbons (Fsp3) is 0.500. The molecule has 2 atom stereocenters. The van der Waals surface area contributed by atoms with E-state index in [4.69, 9.17) is 0 Å². The predicted molar refractivity (Wildman–Crippen MR) is 109 cm³/mol. The number of nitrogens with zero attached hydrogens (tertiary/aromatic N) is 3. The first-order valence-electron chi connectivity index (χ1n) is 9.94. The van der Waals surface area contributed by atoms with E-state index in [2.05, 4.69) is 21.4 Å². The number of hydrogen-bond acceptors (Lipinski definition) is 4. The Morgan fingerprint density at radius 2 is 2.24 bits per heavy atom. The maximum Gasteiger partial charge on any atom is 0.237 e. The second-order valence-electron chi connectivity index (χ2n) is 8.30. The summed E-state index contributed by atoms with van der Waals surface area (Å²) in [4.78, 5) is 21.9. The number of halogens is 1. The number of rotatable bonds is 6. The van der Waals surface area contributed by atoms with Crippen LogP contribution in [-0.4, -0.2) is 45.4 Å². The molecular formula is C22H28FN5O. The molecular weight excluding hydrogens is 369 g/mol. The van der Waals surface area contributed by atoms with Crippen LogP contribution in [0.2, 0.25) is 0 Å². The number of imidazole rings is 1. The second-order valence-corrected chi connectivity index (χ2v) is 8.30. The van der Waals surface area contributed by atoms with Gasteiger partial charge in [0.05, 0.1) is 24.6 Å². The molecule has 0 radical (unpaired) electrons. The van der Waals surface area contributed by atoms with E-state index < -0.39 is 5.54 Å². The van der Waals surface area contributed by atoms with Gasteiger partial charge in [0, 0.05) is 23.7 Å². The van der Waals surface area contributed by atoms with Crippen LogP contribution < -0.4 is 5.32 Å². The minimum absolute atomic E-state index is 0.0882. The van der Waals surface area contributed by atoms with E-state index in [0.29, 0.717) is 12.1 Å². The van der Waals surface area contributed by atoms with Gasteiger partial charge in [-0.25, -0.2) is 9.37 Å². The molecule has 1 unspecified atom stereocenters. The van der Waals surface area contributed by atoms with Crippen molar-refractivity contribution in [3.8, 4) is 6.07 Å². The maximum absolute atomic E-state index is 14.3. The topological polar surface area (TPSA) is 84.8 Å². The van der Waals surface area contributed by atoms with Crippen molar-refractivity contribution in [2.75, 3.05) is 13.1 Å². The number of likely N-dealkylation sites (tertiary alicyclic amines) is 1. The number of aromatic amines is 1. The summed E-state index contributed by atoms with van der Waals surface area (Å²) in [6, 6.07) is 7.08. The number of H-pyrrole nitrogens is 1. The van der Waals surface area contributed by atoms with Gasteiger partial charge in [0.1, 0.15) is 11.9 Å². The fourth-order valence-corrected chi connectivity index (χ4v) is 4.07. The number of carbonyl (C=O) groups is 1. The van der Waals surface area contributed by atoms with E-state index in [1.165, 1.54) is 0 Å². The van der Waals surface area contributed by atoms with Gasteiger partial charge in [-0.3, -0.25) is 4.79 Å². The first-order valence-corrected chi connectivity index (χ1v) is 9.94. The van der Waals surface area contributed by atoms with E-state index in [1.54, 1.807) is 30.3 Å². The molecule has 1 aromatic heterocycles. The number of carbonyl (C=O) groups excluding carboxylic acids is 1. The molecule has 1 saturated heterocycles. The third-order valence-corrected chi connectivity index (χ3v) is 5.81. The molecule has 1 aromatic carbocycles. The van der Waals surface area contributed by atoms with E-state index in [1.807, 2.05) is 26.8 Å². The molecule has 2 N–H and O–H groups in total. The van der Waals surface area contributed by atoms with Crippen LogP contribution in [0.15, 0.2) is 24.5 Å². The zero-order chi connectivity index (χ0) is 21.2. The molecule has 0 spiro atoms. The normalized spacial score (nSPS) is 17.9. The molecule has 7 heteroatoms. The SMILES string of the molecule is Cc1ccc(C(c2nc[nH]c2C)C(C)(C)NCC(=O)N2CCC[C@H]2C#N)cc1F. The van der Waals surface area contributed by atoms with Gasteiger partial charge in [0.25, 0.3) is 0 Å². The fourth-order valence-electron chi connectivity index (χ4n) is 4.07. The zero-order valence-electron chi connectivity index (χ0n) is 17.4. The van der Waals surface area contributed by atoms with Crippen LogP contribution in [0.5, 0.6) is 0 Å². The van der Waals surface area contributed by atoms with E-state index in [9.17, 15) is 14.4 Å². The lowest BCUT2D eigenvalue weighted by Crippen LogP contribution is -2.50. The number of aryl methyl sites for hydroxylation is 2. The lowest BCUT2D eigenvalue weighted by molar-refractivity contribution is -0.130. The Labute approximate surface area is 171 Å². The van der Waals surface area contributed by atoms with Crippen molar-refractivity contribution < 1.29 is 9.18 Å². The predicted octanol–water partition coefficient (Wildman–Crippen LogP) is 3.18. The third kappa shape index (κ3) is 4.33. The van der Waals surface area contributed by atoms with Crippen molar-refractivity contribution >= 4 is 5.91 Å². The largest absolute Gasteiger partial charge is 0.348 e. The van der Waals surface area contributed by atoms with Gasteiger partial charge < -0.3 is 15.2 Å². The molecule has 6 nitrogen and oxygen atoms in total. The Kier molecular flexibility index (Phi) is 6.04. The first-order chi connectivity index (χ1) is 13.7. The Hall–Kier alpha value is -2.72. The van der Waals surface area contributed by atoms with Crippen LogP contribution in [0.25, 0.3) is 0 Å². The number of aromatic nitrogens is 2. The van der Waals surface area contributed by atoms with Crippen molar-refractivity contribution in [2.24, 2.45) is 0 Å². The van der Waals surface area contributed by atoms with Crippen LogP contribution in [0.1, 0.15) is 55.1 Å². The lowest BCUT2D eigenvalue weighted by Gasteiger charge is -2.36. The number of nitriles is 1. The zero-order valence-corrected chi connectivity index (χ0v) is 17.4. The van der Waals surface area contributed by atoms with Gasteiger partial charge in [-0.15, -0.1) is 0 Å². The van der Waals surface area contributed by atoms with Gasteiger partial charge in [0.15, 0.2) is 0 Å². The summed E-state index contributed by atoms with van der Waals surface area (Å²) in [6.45, 7) is 8.37. The molecule has 1 aliphatic heterocycles. The van der Waals surface area contributed by atoms with Crippen LogP contribution in [0.4, 0.5) is 4.39 Å². The van der Waals surface area contributed by atoms with Gasteiger partial charge in [-0.2, -0.15) is 5.26 Å². The molecule has 29 heavy (non-hydrogen) atoms. The summed E-state index contributed by atoms with van der Waals surface area (Å²) in [5, 5.41) is 12.6. The van der Waals surface area contributed by atoms with Crippen LogP contribution >= 0.6 is 0 Å². The summed E-state index contributed by atoms with van der Waals surface area (Å²) in [5.41, 5.74) is 2.52. The van der Waals surface area contributed by atoms with Crippen molar-refractivity contribution in [2.45, 2.75) is 58.0 Å². The molecule has 2 aromatic rings. The van der Waals surface area contributed by atoms with Gasteiger partial charge in [0.2, 0.25) is 5.91 Å². The number of benzene rings is 1. The van der Waals surface area contributed by atoms with Crippen LogP contribution in [0, 0.1) is 31.0 Å². The smallest absolute Gasteiger partial charge is 0.237 e. The monoisotopic (exact) mass is 397 g/mol.